The van der Waals surface area contributed by atoms with Crippen molar-refractivity contribution in [3.05, 3.63) is 58.1 Å². The molecular formula is C19H21BrN2O4. The highest BCUT2D eigenvalue weighted by Crippen LogP contribution is 2.26. The topological polar surface area (TPSA) is 76.7 Å². The van der Waals surface area contributed by atoms with E-state index in [2.05, 4.69) is 26.6 Å². The molecule has 2 aromatic rings. The Morgan fingerprint density at radius 1 is 1.12 bits per heavy atom. The lowest BCUT2D eigenvalue weighted by Gasteiger charge is -2.12. The number of carbonyl (C=O) groups excluding carboxylic acids is 2. The Balaban J connectivity index is 2.14. The van der Waals surface area contributed by atoms with E-state index in [4.69, 9.17) is 9.47 Å². The van der Waals surface area contributed by atoms with Crippen molar-refractivity contribution in [1.29, 1.82) is 0 Å². The third-order valence-electron chi connectivity index (χ3n) is 3.51. The maximum Gasteiger partial charge on any atom is 0.255 e. The summed E-state index contributed by atoms with van der Waals surface area (Å²) in [4.78, 5) is 24.8. The van der Waals surface area contributed by atoms with Crippen molar-refractivity contribution >= 4 is 33.4 Å². The summed E-state index contributed by atoms with van der Waals surface area (Å²) in [6.07, 6.45) is 0. The Kier molecular flexibility index (Phi) is 7.62. The van der Waals surface area contributed by atoms with Gasteiger partial charge in [-0.05, 0) is 53.2 Å². The van der Waals surface area contributed by atoms with Crippen LogP contribution in [0.2, 0.25) is 0 Å². The normalized spacial score (nSPS) is 10.3. The number of anilines is 1. The maximum atomic E-state index is 12.5. The zero-order chi connectivity index (χ0) is 18.9. The van der Waals surface area contributed by atoms with Gasteiger partial charge in [0, 0.05) is 19.2 Å². The summed E-state index contributed by atoms with van der Waals surface area (Å²) in [5, 5.41) is 5.53. The van der Waals surface area contributed by atoms with Gasteiger partial charge in [-0.1, -0.05) is 12.1 Å². The highest BCUT2D eigenvalue weighted by molar-refractivity contribution is 9.10. The first-order valence-electron chi connectivity index (χ1n) is 8.16. The van der Waals surface area contributed by atoms with E-state index in [0.717, 1.165) is 0 Å². The van der Waals surface area contributed by atoms with Gasteiger partial charge in [0.25, 0.3) is 11.8 Å². The van der Waals surface area contributed by atoms with E-state index in [1.54, 1.807) is 49.6 Å². The molecule has 0 atom stereocenters. The van der Waals surface area contributed by atoms with Crippen LogP contribution in [0.4, 0.5) is 5.69 Å². The molecule has 0 fully saturated rings. The van der Waals surface area contributed by atoms with Gasteiger partial charge in [0.2, 0.25) is 0 Å². The quantitative estimate of drug-likeness (QED) is 0.640. The Labute approximate surface area is 161 Å². The van der Waals surface area contributed by atoms with Crippen molar-refractivity contribution in [2.24, 2.45) is 0 Å². The van der Waals surface area contributed by atoms with E-state index < -0.39 is 0 Å². The number of nitrogens with one attached hydrogen (secondary N) is 2. The van der Waals surface area contributed by atoms with Crippen molar-refractivity contribution < 1.29 is 19.1 Å². The number of hydrogen-bond acceptors (Lipinski definition) is 4. The number of methoxy groups -OCH3 is 1. The number of hydrogen-bond donors (Lipinski definition) is 2. The Morgan fingerprint density at radius 2 is 1.88 bits per heavy atom. The molecule has 0 saturated carbocycles. The zero-order valence-corrected chi connectivity index (χ0v) is 16.3. The zero-order valence-electron chi connectivity index (χ0n) is 14.7. The minimum atomic E-state index is -0.314. The smallest absolute Gasteiger partial charge is 0.255 e. The number of ether oxygens (including phenoxy) is 2. The molecule has 2 rings (SSSR count). The van der Waals surface area contributed by atoms with Crippen LogP contribution >= 0.6 is 15.9 Å². The number of carbonyl (C=O) groups is 2. The lowest BCUT2D eigenvalue weighted by molar-refractivity contribution is 0.0938. The Morgan fingerprint density at radius 3 is 2.58 bits per heavy atom. The lowest BCUT2D eigenvalue weighted by atomic mass is 10.1. The summed E-state index contributed by atoms with van der Waals surface area (Å²) in [7, 11) is 1.56. The molecule has 2 amide bonds. The summed E-state index contributed by atoms with van der Waals surface area (Å²) in [5.74, 6) is 0.0821. The molecule has 6 nitrogen and oxygen atoms in total. The molecule has 0 aliphatic carbocycles. The fraction of sp³-hybridized carbons (Fsp3) is 0.263. The van der Waals surface area contributed by atoms with Gasteiger partial charge in [-0.15, -0.1) is 0 Å². The van der Waals surface area contributed by atoms with Crippen LogP contribution in [0.1, 0.15) is 27.6 Å². The first-order chi connectivity index (χ1) is 12.6. The molecule has 0 spiro atoms. The van der Waals surface area contributed by atoms with Gasteiger partial charge in [0.15, 0.2) is 0 Å². The van der Waals surface area contributed by atoms with E-state index in [-0.39, 0.29) is 11.8 Å². The van der Waals surface area contributed by atoms with Crippen molar-refractivity contribution in [3.63, 3.8) is 0 Å². The monoisotopic (exact) mass is 420 g/mol. The molecule has 0 heterocycles. The Bertz CT molecular complexity index is 780. The van der Waals surface area contributed by atoms with Crippen LogP contribution in [-0.2, 0) is 4.74 Å². The number of amides is 2. The number of para-hydroxylation sites is 1. The van der Waals surface area contributed by atoms with Gasteiger partial charge in [0.05, 0.1) is 28.9 Å². The average molecular weight is 421 g/mol. The summed E-state index contributed by atoms with van der Waals surface area (Å²) in [5.41, 5.74) is 1.29. The molecule has 2 N–H and O–H groups in total. The third kappa shape index (κ3) is 5.31. The van der Waals surface area contributed by atoms with Gasteiger partial charge in [-0.25, -0.2) is 0 Å². The molecule has 2 aromatic carbocycles. The number of rotatable bonds is 8. The van der Waals surface area contributed by atoms with E-state index in [1.165, 1.54) is 0 Å². The molecule has 0 aliphatic rings. The highest BCUT2D eigenvalue weighted by Gasteiger charge is 2.15. The highest BCUT2D eigenvalue weighted by atomic mass is 79.9. The van der Waals surface area contributed by atoms with Crippen LogP contribution in [0.25, 0.3) is 0 Å². The van der Waals surface area contributed by atoms with Gasteiger partial charge >= 0.3 is 0 Å². The lowest BCUT2D eigenvalue weighted by Crippen LogP contribution is -2.28. The van der Waals surface area contributed by atoms with Crippen LogP contribution in [0.3, 0.4) is 0 Å². The van der Waals surface area contributed by atoms with Gasteiger partial charge < -0.3 is 20.1 Å². The van der Waals surface area contributed by atoms with Crippen LogP contribution in [-0.4, -0.2) is 38.7 Å². The number of benzene rings is 2. The second-order valence-corrected chi connectivity index (χ2v) is 6.18. The summed E-state index contributed by atoms with van der Waals surface area (Å²) >= 11 is 3.39. The molecule has 0 unspecified atom stereocenters. The second kappa shape index (κ2) is 9.94. The predicted octanol–water partition coefficient (Wildman–Crippen LogP) is 3.48. The van der Waals surface area contributed by atoms with Gasteiger partial charge in [-0.2, -0.15) is 0 Å². The van der Waals surface area contributed by atoms with E-state index >= 15 is 0 Å². The largest absolute Gasteiger partial charge is 0.493 e. The standard InChI is InChI=1S/C19H21BrN2O4/c1-3-26-17-9-8-13(12-15(17)20)18(23)22-16-7-5-4-6-14(16)19(24)21-10-11-25-2/h4-9,12H,3,10-11H2,1-2H3,(H,21,24)(H,22,23). The molecule has 7 heteroatoms. The SMILES string of the molecule is CCOc1ccc(C(=O)Nc2ccccc2C(=O)NCCOC)cc1Br. The van der Waals surface area contributed by atoms with Crippen LogP contribution in [0.5, 0.6) is 5.75 Å². The van der Waals surface area contributed by atoms with Crippen LogP contribution in [0.15, 0.2) is 46.9 Å². The van der Waals surface area contributed by atoms with E-state index in [1.807, 2.05) is 6.92 Å². The fourth-order valence-electron chi connectivity index (χ4n) is 2.26. The van der Waals surface area contributed by atoms with Gasteiger partial charge in [0.1, 0.15) is 5.75 Å². The summed E-state index contributed by atoms with van der Waals surface area (Å²) < 4.78 is 11.1. The molecule has 0 saturated heterocycles. The average Bonchev–Trinajstić information content (AvgIpc) is 2.64. The minimum Gasteiger partial charge on any atom is -0.493 e. The summed E-state index contributed by atoms with van der Waals surface area (Å²) in [6, 6.07) is 11.9. The molecule has 0 aromatic heterocycles. The third-order valence-corrected chi connectivity index (χ3v) is 4.13. The molecule has 26 heavy (non-hydrogen) atoms. The molecular weight excluding hydrogens is 400 g/mol. The molecule has 138 valence electrons. The maximum absolute atomic E-state index is 12.5. The van der Waals surface area contributed by atoms with Gasteiger partial charge in [-0.3, -0.25) is 9.59 Å². The molecule has 0 bridgehead atoms. The van der Waals surface area contributed by atoms with Crippen molar-refractivity contribution in [2.45, 2.75) is 6.92 Å². The van der Waals surface area contributed by atoms with E-state index in [0.29, 0.717) is 46.8 Å². The second-order valence-electron chi connectivity index (χ2n) is 5.33. The van der Waals surface area contributed by atoms with Crippen molar-refractivity contribution in [3.8, 4) is 5.75 Å². The summed E-state index contributed by atoms with van der Waals surface area (Å²) in [6.45, 7) is 3.24. The van der Waals surface area contributed by atoms with E-state index in [9.17, 15) is 9.59 Å². The van der Waals surface area contributed by atoms with Crippen molar-refractivity contribution in [1.82, 2.24) is 5.32 Å². The molecule has 0 radical (unpaired) electrons. The van der Waals surface area contributed by atoms with Crippen LogP contribution < -0.4 is 15.4 Å². The number of halogens is 1. The minimum absolute atomic E-state index is 0.272. The van der Waals surface area contributed by atoms with Crippen molar-refractivity contribution in [2.75, 3.05) is 32.2 Å². The fourth-order valence-corrected chi connectivity index (χ4v) is 2.75. The Hall–Kier alpha value is -2.38. The molecule has 0 aliphatic heterocycles. The first kappa shape index (κ1) is 19.9. The predicted molar refractivity (Wildman–Crippen MR) is 104 cm³/mol. The first-order valence-corrected chi connectivity index (χ1v) is 8.96. The van der Waals surface area contributed by atoms with Crippen LogP contribution in [0, 0.1) is 0 Å².